The maximum atomic E-state index is 13.9. The van der Waals surface area contributed by atoms with Crippen molar-refractivity contribution < 1.29 is 33.4 Å². The number of methoxy groups -OCH3 is 1. The summed E-state index contributed by atoms with van der Waals surface area (Å²) in [6, 6.07) is 10.7. The van der Waals surface area contributed by atoms with E-state index in [1.165, 1.54) is 13.2 Å². The van der Waals surface area contributed by atoms with Gasteiger partial charge in [0, 0.05) is 37.3 Å². The van der Waals surface area contributed by atoms with E-state index in [4.69, 9.17) is 31.5 Å². The van der Waals surface area contributed by atoms with Crippen molar-refractivity contribution in [1.82, 2.24) is 16.0 Å². The van der Waals surface area contributed by atoms with Gasteiger partial charge in [-0.15, -0.1) is 0 Å². The van der Waals surface area contributed by atoms with E-state index in [0.29, 0.717) is 35.9 Å². The summed E-state index contributed by atoms with van der Waals surface area (Å²) in [6.45, 7) is 12.0. The van der Waals surface area contributed by atoms with E-state index in [0.717, 1.165) is 11.1 Å². The molecule has 11 nitrogen and oxygen atoms in total. The largest absolute Gasteiger partial charge is 0.495 e. The smallest absolute Gasteiger partial charge is 0.328 e. The highest BCUT2D eigenvalue weighted by atomic mass is 35.5. The molecule has 0 aliphatic carbocycles. The number of nitrogens with one attached hydrogen (secondary N) is 3. The molecular formula is C39H53ClN4O7. The highest BCUT2D eigenvalue weighted by molar-refractivity contribution is 6.32. The standard InChI is InChI=1S/C39H53ClN4O7/c1-22(2)17-31-37(47)51-32(23(3)35-28(21-50-35)27-14-11-25(20-41)12-15-27)9-8-10-34(45)43-30(19-26-13-16-33(49-7)29(40)18-26)36(46)42-24(4)39(5,6)38(48)44-31/h8,10-16,18,22-24,28,30-32,35H,9,17,19-21,41H2,1-7H3,(H,42,46)(H,43,45)(H,44,48)/b10-8+/t23-,24?,28+,30+,31-,32-,35+/m0/s1. The maximum Gasteiger partial charge on any atom is 0.328 e. The first kappa shape index (κ1) is 39.8. The second kappa shape index (κ2) is 17.5. The van der Waals surface area contributed by atoms with Crippen LogP contribution in [0.4, 0.5) is 0 Å². The van der Waals surface area contributed by atoms with Gasteiger partial charge in [0.1, 0.15) is 23.9 Å². The molecule has 1 unspecified atom stereocenters. The molecule has 2 aromatic carbocycles. The van der Waals surface area contributed by atoms with E-state index in [1.54, 1.807) is 45.0 Å². The summed E-state index contributed by atoms with van der Waals surface area (Å²) < 4.78 is 17.5. The summed E-state index contributed by atoms with van der Waals surface area (Å²) in [4.78, 5) is 54.8. The number of carbonyl (C=O) groups is 4. The molecule has 12 heteroatoms. The van der Waals surface area contributed by atoms with Gasteiger partial charge < -0.3 is 35.9 Å². The number of ether oxygens (including phenoxy) is 3. The van der Waals surface area contributed by atoms with E-state index in [2.05, 4.69) is 16.0 Å². The summed E-state index contributed by atoms with van der Waals surface area (Å²) in [6.07, 6.45) is 2.76. The summed E-state index contributed by atoms with van der Waals surface area (Å²) in [5, 5.41) is 9.04. The lowest BCUT2D eigenvalue weighted by Crippen LogP contribution is -2.58. The molecule has 0 aromatic heterocycles. The number of nitrogens with two attached hydrogens (primary N) is 1. The van der Waals surface area contributed by atoms with Crippen molar-refractivity contribution in [3.05, 3.63) is 76.3 Å². The number of halogens is 1. The third kappa shape index (κ3) is 10.1. The van der Waals surface area contributed by atoms with Gasteiger partial charge in [0.15, 0.2) is 0 Å². The quantitative estimate of drug-likeness (QED) is 0.274. The maximum absolute atomic E-state index is 13.9. The number of esters is 1. The number of carbonyl (C=O) groups excluding carboxylic acids is 4. The fourth-order valence-corrected chi connectivity index (χ4v) is 6.63. The first-order valence-corrected chi connectivity index (χ1v) is 18.0. The predicted molar refractivity (Wildman–Crippen MR) is 196 cm³/mol. The Morgan fingerprint density at radius 2 is 1.67 bits per heavy atom. The fraction of sp³-hybridized carbons (Fsp3) is 0.538. The van der Waals surface area contributed by atoms with Crippen LogP contribution in [-0.4, -0.2) is 67.7 Å². The van der Waals surface area contributed by atoms with Crippen LogP contribution in [0.2, 0.25) is 5.02 Å². The molecule has 0 spiro atoms. The average molecular weight is 725 g/mol. The minimum absolute atomic E-state index is 0.0659. The third-order valence-electron chi connectivity index (χ3n) is 10.1. The van der Waals surface area contributed by atoms with Gasteiger partial charge in [0.2, 0.25) is 17.7 Å². The van der Waals surface area contributed by atoms with Gasteiger partial charge in [-0.25, -0.2) is 4.79 Å². The molecular weight excluding hydrogens is 672 g/mol. The fourth-order valence-electron chi connectivity index (χ4n) is 6.35. The van der Waals surface area contributed by atoms with Crippen molar-refractivity contribution in [3.8, 4) is 5.75 Å². The molecule has 4 rings (SSSR count). The Bertz CT molecular complexity index is 1580. The molecule has 7 atom stereocenters. The van der Waals surface area contributed by atoms with Crippen LogP contribution < -0.4 is 26.4 Å². The van der Waals surface area contributed by atoms with Gasteiger partial charge in [-0.1, -0.05) is 68.8 Å². The molecule has 2 aliphatic heterocycles. The van der Waals surface area contributed by atoms with E-state index >= 15 is 0 Å². The highest BCUT2D eigenvalue weighted by Gasteiger charge is 2.43. The van der Waals surface area contributed by atoms with Gasteiger partial charge in [0.25, 0.3) is 0 Å². The van der Waals surface area contributed by atoms with E-state index in [9.17, 15) is 19.2 Å². The Labute approximate surface area is 306 Å². The summed E-state index contributed by atoms with van der Waals surface area (Å²) in [7, 11) is 1.51. The predicted octanol–water partition coefficient (Wildman–Crippen LogP) is 4.59. The molecule has 0 bridgehead atoms. The second-order valence-electron chi connectivity index (χ2n) is 14.7. The molecule has 278 valence electrons. The van der Waals surface area contributed by atoms with E-state index < -0.39 is 53.3 Å². The van der Waals surface area contributed by atoms with Crippen LogP contribution in [0.15, 0.2) is 54.6 Å². The number of rotatable bonds is 9. The number of hydrogen-bond donors (Lipinski definition) is 4. The van der Waals surface area contributed by atoms with Gasteiger partial charge in [0.05, 0.1) is 30.3 Å². The van der Waals surface area contributed by atoms with Crippen LogP contribution in [0, 0.1) is 17.3 Å². The zero-order valence-corrected chi connectivity index (χ0v) is 31.4. The van der Waals surface area contributed by atoms with Crippen molar-refractivity contribution in [1.29, 1.82) is 0 Å². The molecule has 1 fully saturated rings. The first-order chi connectivity index (χ1) is 24.1. The number of amides is 3. The van der Waals surface area contributed by atoms with Crippen molar-refractivity contribution in [2.24, 2.45) is 23.0 Å². The summed E-state index contributed by atoms with van der Waals surface area (Å²) in [5.74, 6) is -1.58. The number of cyclic esters (lactones) is 1. The Hall–Kier alpha value is -3.93. The second-order valence-corrected chi connectivity index (χ2v) is 15.1. The van der Waals surface area contributed by atoms with Crippen molar-refractivity contribution in [2.75, 3.05) is 13.7 Å². The van der Waals surface area contributed by atoms with Crippen LogP contribution in [0.3, 0.4) is 0 Å². The lowest BCUT2D eigenvalue weighted by Gasteiger charge is -2.43. The molecule has 0 radical (unpaired) electrons. The van der Waals surface area contributed by atoms with Crippen LogP contribution in [-0.2, 0) is 41.6 Å². The topological polar surface area (TPSA) is 158 Å². The normalized spacial score (nSPS) is 27.3. The third-order valence-corrected chi connectivity index (χ3v) is 10.4. The molecule has 0 saturated carbocycles. The summed E-state index contributed by atoms with van der Waals surface area (Å²) in [5.41, 5.74) is 7.50. The summed E-state index contributed by atoms with van der Waals surface area (Å²) >= 11 is 6.36. The minimum Gasteiger partial charge on any atom is -0.495 e. The van der Waals surface area contributed by atoms with Crippen LogP contribution in [0.25, 0.3) is 0 Å². The minimum atomic E-state index is -1.14. The number of benzene rings is 2. The molecule has 1 saturated heterocycles. The molecule has 2 aliphatic rings. The zero-order chi connectivity index (χ0) is 37.5. The van der Waals surface area contributed by atoms with Gasteiger partial charge in [-0.2, -0.15) is 0 Å². The lowest BCUT2D eigenvalue weighted by molar-refractivity contribution is -0.168. The van der Waals surface area contributed by atoms with Crippen LogP contribution in [0.1, 0.15) is 77.0 Å². The monoisotopic (exact) mass is 724 g/mol. The van der Waals surface area contributed by atoms with Gasteiger partial charge in [-0.05, 0) is 68.0 Å². The van der Waals surface area contributed by atoms with Crippen LogP contribution in [0.5, 0.6) is 5.75 Å². The lowest BCUT2D eigenvalue weighted by atomic mass is 9.79. The molecule has 5 N–H and O–H groups in total. The molecule has 3 amide bonds. The first-order valence-electron chi connectivity index (χ1n) is 17.7. The van der Waals surface area contributed by atoms with Gasteiger partial charge in [-0.3, -0.25) is 14.4 Å². The van der Waals surface area contributed by atoms with E-state index in [-0.39, 0.29) is 36.7 Å². The molecule has 51 heavy (non-hydrogen) atoms. The SMILES string of the molecule is COc1ccc(C[C@H]2NC(=O)/C=C/C[C@@H]([C@H](C)[C@H]3OC[C@@H]3c3ccc(CN)cc3)OC(=O)[C@H](CC(C)C)NC(=O)C(C)(C)C(C)NC2=O)cc1Cl. The van der Waals surface area contributed by atoms with Crippen LogP contribution >= 0.6 is 11.6 Å². The Balaban J connectivity index is 1.65. The van der Waals surface area contributed by atoms with Crippen molar-refractivity contribution >= 4 is 35.3 Å². The Kier molecular flexibility index (Phi) is 13.7. The number of hydrogen-bond acceptors (Lipinski definition) is 8. The zero-order valence-electron chi connectivity index (χ0n) is 30.7. The highest BCUT2D eigenvalue weighted by Crippen LogP contribution is 2.38. The molecule has 2 aromatic rings. The average Bonchev–Trinajstić information content (AvgIpc) is 3.06. The molecule has 2 heterocycles. The van der Waals surface area contributed by atoms with Crippen molar-refractivity contribution in [3.63, 3.8) is 0 Å². The Morgan fingerprint density at radius 3 is 2.25 bits per heavy atom. The Morgan fingerprint density at radius 1 is 0.980 bits per heavy atom. The van der Waals surface area contributed by atoms with E-state index in [1.807, 2.05) is 45.0 Å². The van der Waals surface area contributed by atoms with Crippen molar-refractivity contribution in [2.45, 2.75) is 104 Å². The van der Waals surface area contributed by atoms with Gasteiger partial charge >= 0.3 is 5.97 Å².